The molecule has 0 bridgehead atoms. The smallest absolute Gasteiger partial charge is 0.191 e. The van der Waals surface area contributed by atoms with Gasteiger partial charge in [-0.25, -0.2) is 4.98 Å². The second kappa shape index (κ2) is 13.5. The predicted octanol–water partition coefficient (Wildman–Crippen LogP) is 2.41. The van der Waals surface area contributed by atoms with Gasteiger partial charge in [-0.1, -0.05) is 30.3 Å². The first-order chi connectivity index (χ1) is 12.3. The first-order valence-corrected chi connectivity index (χ1v) is 8.44. The standard InChI is InChI=1S/C18H27N5O2.HI/c1-19-18(20-9-6-10-25-12-11-24-2)22-14-17-21-13-16(23-17)15-7-4-3-5-8-15;/h3-5,7-8,13H,6,9-12,14H2,1-2H3,(H,21,23)(H2,19,20,22);1H. The SMILES string of the molecule is CN=C(NCCCOCCOC)NCc1ncc(-c2ccccc2)[nH]1.I. The van der Waals surface area contributed by atoms with Gasteiger partial charge in [-0.2, -0.15) is 0 Å². The summed E-state index contributed by atoms with van der Waals surface area (Å²) in [6, 6.07) is 10.1. The fourth-order valence-electron chi connectivity index (χ4n) is 2.23. The average molecular weight is 473 g/mol. The number of aromatic amines is 1. The van der Waals surface area contributed by atoms with Crippen LogP contribution in [0.15, 0.2) is 41.5 Å². The number of H-pyrrole nitrogens is 1. The van der Waals surface area contributed by atoms with E-state index in [0.29, 0.717) is 26.4 Å². The molecule has 0 radical (unpaired) electrons. The van der Waals surface area contributed by atoms with Gasteiger partial charge in [-0.15, -0.1) is 24.0 Å². The van der Waals surface area contributed by atoms with E-state index in [-0.39, 0.29) is 24.0 Å². The van der Waals surface area contributed by atoms with Gasteiger partial charge in [0.25, 0.3) is 0 Å². The summed E-state index contributed by atoms with van der Waals surface area (Å²) in [5.41, 5.74) is 2.13. The maximum atomic E-state index is 5.42. The molecule has 1 aromatic heterocycles. The van der Waals surface area contributed by atoms with Gasteiger partial charge in [-0.05, 0) is 12.0 Å². The minimum absolute atomic E-state index is 0. The van der Waals surface area contributed by atoms with Gasteiger partial charge in [0, 0.05) is 27.3 Å². The van der Waals surface area contributed by atoms with Crippen LogP contribution in [0.4, 0.5) is 0 Å². The Morgan fingerprint density at radius 1 is 1.15 bits per heavy atom. The van der Waals surface area contributed by atoms with Crippen molar-refractivity contribution in [2.45, 2.75) is 13.0 Å². The number of guanidine groups is 1. The Bertz CT molecular complexity index is 634. The first-order valence-electron chi connectivity index (χ1n) is 8.44. The van der Waals surface area contributed by atoms with Gasteiger partial charge in [0.15, 0.2) is 5.96 Å². The number of aliphatic imine (C=N–C) groups is 1. The summed E-state index contributed by atoms with van der Waals surface area (Å²) < 4.78 is 10.4. The third kappa shape index (κ3) is 8.15. The Morgan fingerprint density at radius 3 is 2.69 bits per heavy atom. The number of rotatable bonds is 10. The van der Waals surface area contributed by atoms with Crippen molar-refractivity contribution in [3.63, 3.8) is 0 Å². The second-order valence-corrected chi connectivity index (χ2v) is 5.42. The van der Waals surface area contributed by atoms with Crippen LogP contribution in [-0.2, 0) is 16.0 Å². The van der Waals surface area contributed by atoms with Gasteiger partial charge in [0.2, 0.25) is 0 Å². The zero-order valence-corrected chi connectivity index (χ0v) is 17.7. The van der Waals surface area contributed by atoms with Crippen LogP contribution in [0, 0.1) is 0 Å². The van der Waals surface area contributed by atoms with Crippen molar-refractivity contribution >= 4 is 29.9 Å². The Labute approximate surface area is 172 Å². The molecule has 0 atom stereocenters. The summed E-state index contributed by atoms with van der Waals surface area (Å²) in [6.07, 6.45) is 2.75. The van der Waals surface area contributed by atoms with Gasteiger partial charge >= 0.3 is 0 Å². The number of benzene rings is 1. The largest absolute Gasteiger partial charge is 0.382 e. The van der Waals surface area contributed by atoms with Crippen molar-refractivity contribution in [3.8, 4) is 11.3 Å². The van der Waals surface area contributed by atoms with Gasteiger partial charge in [0.1, 0.15) is 5.82 Å². The van der Waals surface area contributed by atoms with E-state index in [1.807, 2.05) is 24.4 Å². The van der Waals surface area contributed by atoms with Gasteiger partial charge < -0.3 is 25.1 Å². The summed E-state index contributed by atoms with van der Waals surface area (Å²) >= 11 is 0. The molecule has 2 rings (SSSR count). The normalized spacial score (nSPS) is 11.1. The van der Waals surface area contributed by atoms with Gasteiger partial charge in [-0.3, -0.25) is 4.99 Å². The molecule has 0 amide bonds. The van der Waals surface area contributed by atoms with E-state index >= 15 is 0 Å². The third-order valence-electron chi connectivity index (χ3n) is 3.55. The number of ether oxygens (including phenoxy) is 2. The molecule has 144 valence electrons. The molecule has 1 heterocycles. The van der Waals surface area contributed by atoms with Crippen LogP contribution in [0.2, 0.25) is 0 Å². The highest BCUT2D eigenvalue weighted by atomic mass is 127. The van der Waals surface area contributed by atoms with E-state index < -0.39 is 0 Å². The molecule has 0 aliphatic rings. The van der Waals surface area contributed by atoms with E-state index in [9.17, 15) is 0 Å². The van der Waals surface area contributed by atoms with Crippen LogP contribution in [0.3, 0.4) is 0 Å². The number of halogens is 1. The summed E-state index contributed by atoms with van der Waals surface area (Å²) in [5.74, 6) is 1.61. The average Bonchev–Trinajstić information content (AvgIpc) is 3.13. The highest BCUT2D eigenvalue weighted by Crippen LogP contribution is 2.15. The maximum Gasteiger partial charge on any atom is 0.191 e. The predicted molar refractivity (Wildman–Crippen MR) is 115 cm³/mol. The second-order valence-electron chi connectivity index (χ2n) is 5.42. The van der Waals surface area contributed by atoms with Crippen molar-refractivity contribution in [1.29, 1.82) is 0 Å². The molecular weight excluding hydrogens is 445 g/mol. The van der Waals surface area contributed by atoms with Crippen LogP contribution in [0.25, 0.3) is 11.3 Å². The molecule has 0 saturated heterocycles. The fourth-order valence-corrected chi connectivity index (χ4v) is 2.23. The quantitative estimate of drug-likeness (QED) is 0.214. The lowest BCUT2D eigenvalue weighted by atomic mass is 10.2. The Morgan fingerprint density at radius 2 is 1.96 bits per heavy atom. The van der Waals surface area contributed by atoms with Crippen molar-refractivity contribution in [1.82, 2.24) is 20.6 Å². The molecule has 3 N–H and O–H groups in total. The maximum absolute atomic E-state index is 5.42. The lowest BCUT2D eigenvalue weighted by Crippen LogP contribution is -2.37. The third-order valence-corrected chi connectivity index (χ3v) is 3.55. The zero-order chi connectivity index (χ0) is 17.7. The molecule has 0 spiro atoms. The summed E-state index contributed by atoms with van der Waals surface area (Å²) in [4.78, 5) is 11.9. The minimum Gasteiger partial charge on any atom is -0.382 e. The van der Waals surface area contributed by atoms with E-state index in [0.717, 1.165) is 36.0 Å². The molecule has 2 aromatic rings. The molecule has 8 heteroatoms. The Kier molecular flexibility index (Phi) is 11.7. The summed E-state index contributed by atoms with van der Waals surface area (Å²) in [6.45, 7) is 3.33. The zero-order valence-electron chi connectivity index (χ0n) is 15.3. The first kappa shape index (κ1) is 22.4. The van der Waals surface area contributed by atoms with Crippen LogP contribution in [-0.4, -0.2) is 56.5 Å². The lowest BCUT2D eigenvalue weighted by Gasteiger charge is -2.11. The molecule has 0 unspecified atom stereocenters. The highest BCUT2D eigenvalue weighted by molar-refractivity contribution is 14.0. The Balaban J connectivity index is 0.00000338. The number of nitrogens with zero attached hydrogens (tertiary/aromatic N) is 2. The molecule has 0 fully saturated rings. The Hall–Kier alpha value is -1.65. The summed E-state index contributed by atoms with van der Waals surface area (Å²) in [5, 5.41) is 6.50. The van der Waals surface area contributed by atoms with Crippen LogP contribution < -0.4 is 10.6 Å². The molecule has 0 aliphatic heterocycles. The monoisotopic (exact) mass is 473 g/mol. The number of hydrogen-bond acceptors (Lipinski definition) is 4. The summed E-state index contributed by atoms with van der Waals surface area (Å²) in [7, 11) is 3.42. The highest BCUT2D eigenvalue weighted by Gasteiger charge is 2.04. The number of nitrogens with one attached hydrogen (secondary N) is 3. The van der Waals surface area contributed by atoms with Crippen LogP contribution in [0.1, 0.15) is 12.2 Å². The van der Waals surface area contributed by atoms with Crippen molar-refractivity contribution in [2.24, 2.45) is 4.99 Å². The number of aromatic nitrogens is 2. The molecule has 0 aliphatic carbocycles. The van der Waals surface area contributed by atoms with E-state index in [1.54, 1.807) is 14.2 Å². The number of hydrogen-bond donors (Lipinski definition) is 3. The number of imidazole rings is 1. The van der Waals surface area contributed by atoms with Crippen LogP contribution in [0.5, 0.6) is 0 Å². The minimum atomic E-state index is 0. The molecule has 1 aromatic carbocycles. The van der Waals surface area contributed by atoms with Gasteiger partial charge in [0.05, 0.1) is 31.6 Å². The van der Waals surface area contributed by atoms with Crippen molar-refractivity contribution < 1.29 is 9.47 Å². The molecule has 26 heavy (non-hydrogen) atoms. The molecule has 7 nitrogen and oxygen atoms in total. The van der Waals surface area contributed by atoms with Crippen molar-refractivity contribution in [2.75, 3.05) is 40.5 Å². The topological polar surface area (TPSA) is 83.6 Å². The fraction of sp³-hybridized carbons (Fsp3) is 0.444. The van der Waals surface area contributed by atoms with E-state index in [4.69, 9.17) is 9.47 Å². The molecular formula is C18H28IN5O2. The van der Waals surface area contributed by atoms with Crippen molar-refractivity contribution in [3.05, 3.63) is 42.4 Å². The van der Waals surface area contributed by atoms with E-state index in [2.05, 4.69) is 37.7 Å². The van der Waals surface area contributed by atoms with E-state index in [1.165, 1.54) is 0 Å². The van der Waals surface area contributed by atoms with Crippen LogP contribution >= 0.6 is 24.0 Å². The number of methoxy groups -OCH3 is 1. The lowest BCUT2D eigenvalue weighted by molar-refractivity contribution is 0.0698. The molecule has 0 saturated carbocycles.